The van der Waals surface area contributed by atoms with Crippen molar-refractivity contribution in [3.8, 4) is 0 Å². The Morgan fingerprint density at radius 2 is 2.29 bits per heavy atom. The van der Waals surface area contributed by atoms with E-state index in [2.05, 4.69) is 47.3 Å². The second-order valence-electron chi connectivity index (χ2n) is 5.97. The summed E-state index contributed by atoms with van der Waals surface area (Å²) < 4.78 is 0. The highest BCUT2D eigenvalue weighted by Gasteiger charge is 2.44. The summed E-state index contributed by atoms with van der Waals surface area (Å²) in [5.74, 6) is 1.45. The quantitative estimate of drug-likeness (QED) is 0.688. The summed E-state index contributed by atoms with van der Waals surface area (Å²) in [7, 11) is 0. The van der Waals surface area contributed by atoms with Gasteiger partial charge in [0.15, 0.2) is 5.16 Å². The lowest BCUT2D eigenvalue weighted by atomic mass is 9.97. The fraction of sp³-hybridized carbons (Fsp3) is 0.562. The van der Waals surface area contributed by atoms with Gasteiger partial charge in [0.2, 0.25) is 0 Å². The number of aromatic amines is 1. The molecule has 3 N–H and O–H groups in total. The fourth-order valence-electron chi connectivity index (χ4n) is 2.90. The number of aliphatic hydroxyl groups excluding tert-OH is 1. The van der Waals surface area contributed by atoms with E-state index < -0.39 is 0 Å². The third-order valence-corrected chi connectivity index (χ3v) is 5.38. The zero-order chi connectivity index (χ0) is 14.9. The summed E-state index contributed by atoms with van der Waals surface area (Å²) in [6.45, 7) is 5.26. The molecule has 21 heavy (non-hydrogen) atoms. The molecule has 1 fully saturated rings. The number of H-pyrrole nitrogens is 1. The van der Waals surface area contributed by atoms with E-state index in [4.69, 9.17) is 0 Å². The van der Waals surface area contributed by atoms with Gasteiger partial charge in [-0.2, -0.15) is 0 Å². The summed E-state index contributed by atoms with van der Waals surface area (Å²) in [6, 6.07) is 6.26. The molecular weight excluding hydrogens is 282 g/mol. The Morgan fingerprint density at radius 1 is 1.48 bits per heavy atom. The molecule has 1 saturated carbocycles. The number of hydrogen-bond donors (Lipinski definition) is 3. The fourth-order valence-corrected chi connectivity index (χ4v) is 4.07. The highest BCUT2D eigenvalue weighted by molar-refractivity contribution is 7.99. The highest BCUT2D eigenvalue weighted by Crippen LogP contribution is 2.42. The first-order valence-corrected chi connectivity index (χ1v) is 8.60. The van der Waals surface area contributed by atoms with Crippen molar-refractivity contribution in [3.63, 3.8) is 0 Å². The molecule has 3 rings (SSSR count). The molecule has 5 heteroatoms. The lowest BCUT2D eigenvalue weighted by Gasteiger charge is -2.32. The molecule has 1 aliphatic carbocycles. The van der Waals surface area contributed by atoms with E-state index in [1.165, 1.54) is 18.4 Å². The second-order valence-corrected chi connectivity index (χ2v) is 6.93. The van der Waals surface area contributed by atoms with Crippen molar-refractivity contribution in [2.45, 2.75) is 37.4 Å². The Kier molecular flexibility index (Phi) is 4.24. The van der Waals surface area contributed by atoms with Crippen LogP contribution in [0, 0.1) is 12.8 Å². The predicted molar refractivity (Wildman–Crippen MR) is 87.8 cm³/mol. The molecule has 4 nitrogen and oxygen atoms in total. The average Bonchev–Trinajstić information content (AvgIpc) is 3.25. The van der Waals surface area contributed by atoms with Crippen LogP contribution in [0.4, 0.5) is 0 Å². The zero-order valence-corrected chi connectivity index (χ0v) is 13.5. The van der Waals surface area contributed by atoms with Crippen molar-refractivity contribution in [3.05, 3.63) is 23.8 Å². The molecule has 1 unspecified atom stereocenters. The van der Waals surface area contributed by atoms with Crippen LogP contribution in [0.1, 0.15) is 25.3 Å². The van der Waals surface area contributed by atoms with Gasteiger partial charge in [-0.15, -0.1) is 0 Å². The molecule has 2 aromatic rings. The molecule has 1 heterocycles. The number of aromatic nitrogens is 2. The van der Waals surface area contributed by atoms with Crippen LogP contribution in [0.25, 0.3) is 11.0 Å². The van der Waals surface area contributed by atoms with E-state index in [0.29, 0.717) is 5.92 Å². The van der Waals surface area contributed by atoms with Crippen molar-refractivity contribution < 1.29 is 5.11 Å². The summed E-state index contributed by atoms with van der Waals surface area (Å²) in [5, 5.41) is 14.3. The molecule has 0 radical (unpaired) electrons. The summed E-state index contributed by atoms with van der Waals surface area (Å²) in [4.78, 5) is 8.01. The molecule has 1 atom stereocenters. The first kappa shape index (κ1) is 14.9. The molecule has 1 aromatic heterocycles. The standard InChI is InChI=1S/C16H23N3OS/c1-3-17-16(9-20,12-5-6-12)10-21-15-18-13-7-4-11(2)8-14(13)19-15/h4,7-8,12,17,20H,3,5-6,9-10H2,1-2H3,(H,18,19). The molecule has 114 valence electrons. The lowest BCUT2D eigenvalue weighted by Crippen LogP contribution is -2.52. The monoisotopic (exact) mass is 305 g/mol. The number of fused-ring (bicyclic) bond motifs is 1. The maximum absolute atomic E-state index is 9.87. The molecule has 1 aliphatic rings. The van der Waals surface area contributed by atoms with Gasteiger partial charge >= 0.3 is 0 Å². The number of nitrogens with one attached hydrogen (secondary N) is 2. The summed E-state index contributed by atoms with van der Waals surface area (Å²) >= 11 is 1.70. The minimum atomic E-state index is -0.158. The van der Waals surface area contributed by atoms with Crippen LogP contribution < -0.4 is 5.32 Å². The number of hydrogen-bond acceptors (Lipinski definition) is 4. The van der Waals surface area contributed by atoms with Gasteiger partial charge in [-0.1, -0.05) is 24.8 Å². The molecule has 0 saturated heterocycles. The molecule has 0 amide bonds. The minimum Gasteiger partial charge on any atom is -0.394 e. The minimum absolute atomic E-state index is 0.158. The number of benzene rings is 1. The van der Waals surface area contributed by atoms with Gasteiger partial charge in [-0.05, 0) is 49.9 Å². The van der Waals surface area contributed by atoms with E-state index in [1.54, 1.807) is 11.8 Å². The van der Waals surface area contributed by atoms with Crippen LogP contribution >= 0.6 is 11.8 Å². The first-order valence-electron chi connectivity index (χ1n) is 7.62. The van der Waals surface area contributed by atoms with Crippen LogP contribution in [0.15, 0.2) is 23.4 Å². The Balaban J connectivity index is 1.74. The van der Waals surface area contributed by atoms with Crippen molar-refractivity contribution in [2.75, 3.05) is 18.9 Å². The van der Waals surface area contributed by atoms with Crippen LogP contribution in [0.5, 0.6) is 0 Å². The van der Waals surface area contributed by atoms with Gasteiger partial charge in [0.1, 0.15) is 0 Å². The van der Waals surface area contributed by atoms with Crippen LogP contribution in [0.2, 0.25) is 0 Å². The van der Waals surface area contributed by atoms with E-state index in [1.807, 2.05) is 0 Å². The average molecular weight is 305 g/mol. The highest BCUT2D eigenvalue weighted by atomic mass is 32.2. The van der Waals surface area contributed by atoms with Gasteiger partial charge in [-0.3, -0.25) is 0 Å². The van der Waals surface area contributed by atoms with E-state index in [0.717, 1.165) is 28.5 Å². The Hall–Kier alpha value is -1.04. The number of imidazole rings is 1. The van der Waals surface area contributed by atoms with Crippen molar-refractivity contribution in [1.29, 1.82) is 0 Å². The van der Waals surface area contributed by atoms with Crippen LogP contribution in [0.3, 0.4) is 0 Å². The zero-order valence-electron chi connectivity index (χ0n) is 12.6. The number of aryl methyl sites for hydroxylation is 1. The number of rotatable bonds is 7. The Morgan fingerprint density at radius 3 is 2.95 bits per heavy atom. The van der Waals surface area contributed by atoms with Gasteiger partial charge in [0.05, 0.1) is 23.2 Å². The van der Waals surface area contributed by atoms with Gasteiger partial charge in [0, 0.05) is 5.75 Å². The van der Waals surface area contributed by atoms with Crippen molar-refractivity contribution in [2.24, 2.45) is 5.92 Å². The van der Waals surface area contributed by atoms with Crippen LogP contribution in [-0.2, 0) is 0 Å². The molecule has 0 spiro atoms. The van der Waals surface area contributed by atoms with E-state index >= 15 is 0 Å². The maximum Gasteiger partial charge on any atom is 0.166 e. The molecule has 1 aromatic carbocycles. The van der Waals surface area contributed by atoms with Crippen LogP contribution in [-0.4, -0.2) is 39.5 Å². The number of thioether (sulfide) groups is 1. The molecular formula is C16H23N3OS. The largest absolute Gasteiger partial charge is 0.394 e. The maximum atomic E-state index is 9.87. The smallest absolute Gasteiger partial charge is 0.166 e. The summed E-state index contributed by atoms with van der Waals surface area (Å²) in [6.07, 6.45) is 2.43. The van der Waals surface area contributed by atoms with Crippen molar-refractivity contribution >= 4 is 22.8 Å². The van der Waals surface area contributed by atoms with E-state index in [-0.39, 0.29) is 12.1 Å². The van der Waals surface area contributed by atoms with Gasteiger partial charge < -0.3 is 15.4 Å². The van der Waals surface area contributed by atoms with Gasteiger partial charge in [0.25, 0.3) is 0 Å². The van der Waals surface area contributed by atoms with Gasteiger partial charge in [-0.25, -0.2) is 4.98 Å². The number of nitrogens with zero attached hydrogens (tertiary/aromatic N) is 1. The second kappa shape index (κ2) is 5.99. The number of aliphatic hydroxyl groups is 1. The third-order valence-electron chi connectivity index (χ3n) is 4.25. The Bertz CT molecular complexity index is 623. The first-order chi connectivity index (χ1) is 10.2. The molecule has 0 bridgehead atoms. The topological polar surface area (TPSA) is 60.9 Å². The SMILES string of the molecule is CCNC(CO)(CSc1nc2ccc(C)cc2[nH]1)C1CC1. The van der Waals surface area contributed by atoms with Crippen molar-refractivity contribution in [1.82, 2.24) is 15.3 Å². The predicted octanol–water partition coefficient (Wildman–Crippen LogP) is 2.71. The lowest BCUT2D eigenvalue weighted by molar-refractivity contribution is 0.161. The number of likely N-dealkylation sites (N-methyl/N-ethyl adjacent to an activating group) is 1. The Labute approximate surface area is 129 Å². The normalized spacial score (nSPS) is 18.0. The molecule has 0 aliphatic heterocycles. The third kappa shape index (κ3) is 3.10. The summed E-state index contributed by atoms with van der Waals surface area (Å²) in [5.41, 5.74) is 3.17. The van der Waals surface area contributed by atoms with E-state index in [9.17, 15) is 5.11 Å².